The van der Waals surface area contributed by atoms with Crippen LogP contribution in [0.3, 0.4) is 0 Å². The molecule has 1 aliphatic heterocycles. The van der Waals surface area contributed by atoms with Crippen molar-refractivity contribution >= 4 is 11.8 Å². The van der Waals surface area contributed by atoms with Gasteiger partial charge in [0, 0.05) is 31.1 Å². The zero-order valence-electron chi connectivity index (χ0n) is 15.8. The van der Waals surface area contributed by atoms with Crippen LogP contribution in [0, 0.1) is 5.82 Å². The Hall–Kier alpha value is -3.55. The second-order valence-electron chi connectivity index (χ2n) is 6.93. The predicted molar refractivity (Wildman–Crippen MR) is 102 cm³/mol. The van der Waals surface area contributed by atoms with Gasteiger partial charge in [0.05, 0.1) is 6.04 Å². The molecule has 2 amide bonds. The topological polar surface area (TPSA) is 88.3 Å². The number of hydrogen-bond donors (Lipinski definition) is 1. The molecule has 29 heavy (non-hydrogen) atoms. The monoisotopic (exact) mass is 394 g/mol. The maximum Gasteiger partial charge on any atom is 0.251 e. The van der Waals surface area contributed by atoms with E-state index >= 15 is 0 Å². The summed E-state index contributed by atoms with van der Waals surface area (Å²) in [6.07, 6.45) is 1.79. The van der Waals surface area contributed by atoms with Crippen LogP contribution in [-0.2, 0) is 11.3 Å². The SMILES string of the molecule is CC(=O)N1CC[C@@H](NC(=O)c2ccc(-c3ncon3)cc2)c2ccc(F)cc2C1. The number of fused-ring (bicyclic) bond motifs is 1. The van der Waals surface area contributed by atoms with Gasteiger partial charge in [-0.05, 0) is 41.8 Å². The molecular weight excluding hydrogens is 375 g/mol. The van der Waals surface area contributed by atoms with E-state index in [1.165, 1.54) is 25.5 Å². The third kappa shape index (κ3) is 4.01. The first-order valence-electron chi connectivity index (χ1n) is 9.23. The van der Waals surface area contributed by atoms with Crippen molar-refractivity contribution in [1.82, 2.24) is 20.4 Å². The Morgan fingerprint density at radius 3 is 2.69 bits per heavy atom. The molecular formula is C21H19FN4O3. The first-order valence-corrected chi connectivity index (χ1v) is 9.23. The quantitative estimate of drug-likeness (QED) is 0.738. The summed E-state index contributed by atoms with van der Waals surface area (Å²) >= 11 is 0. The van der Waals surface area contributed by atoms with Crippen molar-refractivity contribution in [3.63, 3.8) is 0 Å². The maximum atomic E-state index is 13.8. The highest BCUT2D eigenvalue weighted by Crippen LogP contribution is 2.28. The molecule has 0 unspecified atom stereocenters. The molecule has 3 aromatic rings. The van der Waals surface area contributed by atoms with Crippen LogP contribution in [0.15, 0.2) is 53.4 Å². The Bertz CT molecular complexity index is 1030. The minimum Gasteiger partial charge on any atom is -0.345 e. The van der Waals surface area contributed by atoms with Gasteiger partial charge in [-0.25, -0.2) is 4.39 Å². The van der Waals surface area contributed by atoms with E-state index in [9.17, 15) is 14.0 Å². The van der Waals surface area contributed by atoms with Crippen molar-refractivity contribution in [1.29, 1.82) is 0 Å². The smallest absolute Gasteiger partial charge is 0.251 e. The van der Waals surface area contributed by atoms with Crippen LogP contribution >= 0.6 is 0 Å². The summed E-state index contributed by atoms with van der Waals surface area (Å²) in [5.74, 6) is -0.247. The van der Waals surface area contributed by atoms with E-state index in [1.54, 1.807) is 35.2 Å². The van der Waals surface area contributed by atoms with E-state index in [-0.39, 0.29) is 23.7 Å². The molecule has 1 N–H and O–H groups in total. The molecule has 1 atom stereocenters. The number of aromatic nitrogens is 2. The van der Waals surface area contributed by atoms with Crippen LogP contribution in [-0.4, -0.2) is 33.4 Å². The van der Waals surface area contributed by atoms with Gasteiger partial charge in [0.2, 0.25) is 18.1 Å². The predicted octanol–water partition coefficient (Wildman–Crippen LogP) is 3.10. The molecule has 0 saturated carbocycles. The van der Waals surface area contributed by atoms with Gasteiger partial charge >= 0.3 is 0 Å². The summed E-state index contributed by atoms with van der Waals surface area (Å²) in [5, 5.41) is 6.78. The molecule has 1 aliphatic rings. The lowest BCUT2D eigenvalue weighted by Gasteiger charge is -2.19. The number of rotatable bonds is 3. The Morgan fingerprint density at radius 1 is 1.21 bits per heavy atom. The van der Waals surface area contributed by atoms with Gasteiger partial charge in [-0.3, -0.25) is 9.59 Å². The molecule has 1 aromatic heterocycles. The molecule has 2 heterocycles. The first kappa shape index (κ1) is 18.8. The Labute approximate surface area is 166 Å². The third-order valence-electron chi connectivity index (χ3n) is 5.05. The van der Waals surface area contributed by atoms with Crippen LogP contribution in [0.4, 0.5) is 4.39 Å². The molecule has 0 saturated heterocycles. The molecule has 0 aliphatic carbocycles. The molecule has 8 heteroatoms. The Morgan fingerprint density at radius 2 is 2.00 bits per heavy atom. The van der Waals surface area contributed by atoms with Gasteiger partial charge in [-0.1, -0.05) is 23.4 Å². The van der Waals surface area contributed by atoms with Gasteiger partial charge in [-0.15, -0.1) is 0 Å². The lowest BCUT2D eigenvalue weighted by atomic mass is 9.98. The highest BCUT2D eigenvalue weighted by atomic mass is 19.1. The highest BCUT2D eigenvalue weighted by molar-refractivity contribution is 5.94. The fraction of sp³-hybridized carbons (Fsp3) is 0.238. The number of benzene rings is 2. The standard InChI is InChI=1S/C21H19FN4O3/c1-13(27)26-9-8-19(18-7-6-17(22)10-16(18)11-26)24-21(28)15-4-2-14(3-5-15)20-23-12-29-25-20/h2-7,10,12,19H,8-9,11H2,1H3,(H,24,28)/t19-/m1/s1. The number of hydrogen-bond acceptors (Lipinski definition) is 5. The summed E-state index contributed by atoms with van der Waals surface area (Å²) in [6.45, 7) is 2.30. The highest BCUT2D eigenvalue weighted by Gasteiger charge is 2.25. The van der Waals surface area contributed by atoms with Crippen molar-refractivity contribution < 1.29 is 18.5 Å². The summed E-state index contributed by atoms with van der Waals surface area (Å²) in [6, 6.07) is 11.0. The lowest BCUT2D eigenvalue weighted by molar-refractivity contribution is -0.129. The van der Waals surface area contributed by atoms with Crippen LogP contribution in [0.25, 0.3) is 11.4 Å². The van der Waals surface area contributed by atoms with Crippen LogP contribution in [0.2, 0.25) is 0 Å². The molecule has 0 radical (unpaired) electrons. The summed E-state index contributed by atoms with van der Waals surface area (Å²) in [5.41, 5.74) is 2.75. The zero-order chi connectivity index (χ0) is 20.4. The number of carbonyl (C=O) groups is 2. The summed E-state index contributed by atoms with van der Waals surface area (Å²) in [4.78, 5) is 30.3. The third-order valence-corrected chi connectivity index (χ3v) is 5.05. The fourth-order valence-electron chi connectivity index (χ4n) is 3.51. The Balaban J connectivity index is 1.55. The van der Waals surface area contributed by atoms with Gasteiger partial charge in [0.15, 0.2) is 0 Å². The van der Waals surface area contributed by atoms with Crippen LogP contribution in [0.5, 0.6) is 0 Å². The van der Waals surface area contributed by atoms with Crippen LogP contribution in [0.1, 0.15) is 40.9 Å². The molecule has 0 fully saturated rings. The van der Waals surface area contributed by atoms with E-state index in [0.717, 1.165) is 11.1 Å². The number of nitrogens with one attached hydrogen (secondary N) is 1. The Kier molecular flexibility index (Phi) is 5.07. The van der Waals surface area contributed by atoms with Gasteiger partial charge in [0.25, 0.3) is 5.91 Å². The average Bonchev–Trinajstić information content (AvgIpc) is 3.19. The van der Waals surface area contributed by atoms with Gasteiger partial charge in [0.1, 0.15) is 5.82 Å². The van der Waals surface area contributed by atoms with Crippen molar-refractivity contribution in [3.05, 3.63) is 71.4 Å². The summed E-state index contributed by atoms with van der Waals surface area (Å²) in [7, 11) is 0. The largest absolute Gasteiger partial charge is 0.345 e. The van der Waals surface area contributed by atoms with Crippen molar-refractivity contribution in [2.24, 2.45) is 0 Å². The number of carbonyl (C=O) groups excluding carboxylic acids is 2. The van der Waals surface area contributed by atoms with Crippen LogP contribution < -0.4 is 5.32 Å². The minimum atomic E-state index is -0.365. The molecule has 2 aromatic carbocycles. The number of nitrogens with zero attached hydrogens (tertiary/aromatic N) is 3. The molecule has 7 nitrogen and oxygen atoms in total. The normalized spacial score (nSPS) is 16.1. The molecule has 148 valence electrons. The van der Waals surface area contributed by atoms with Gasteiger partial charge in [-0.2, -0.15) is 4.98 Å². The molecule has 0 spiro atoms. The zero-order valence-corrected chi connectivity index (χ0v) is 15.8. The lowest BCUT2D eigenvalue weighted by Crippen LogP contribution is -2.31. The second kappa shape index (κ2) is 7.83. The van der Waals surface area contributed by atoms with E-state index in [1.807, 2.05) is 0 Å². The number of amides is 2. The van der Waals surface area contributed by atoms with Crippen molar-refractivity contribution in [3.8, 4) is 11.4 Å². The molecule has 4 rings (SSSR count). The first-order chi connectivity index (χ1) is 14.0. The van der Waals surface area contributed by atoms with E-state index in [0.29, 0.717) is 36.5 Å². The van der Waals surface area contributed by atoms with E-state index < -0.39 is 0 Å². The number of halogens is 1. The fourth-order valence-corrected chi connectivity index (χ4v) is 3.51. The van der Waals surface area contributed by atoms with Crippen molar-refractivity contribution in [2.75, 3.05) is 6.54 Å². The average molecular weight is 394 g/mol. The molecule has 0 bridgehead atoms. The maximum absolute atomic E-state index is 13.8. The minimum absolute atomic E-state index is 0.0794. The van der Waals surface area contributed by atoms with E-state index in [2.05, 4.69) is 15.5 Å². The van der Waals surface area contributed by atoms with Crippen molar-refractivity contribution in [2.45, 2.75) is 25.9 Å². The van der Waals surface area contributed by atoms with Gasteiger partial charge < -0.3 is 14.7 Å². The second-order valence-corrected chi connectivity index (χ2v) is 6.93. The summed E-state index contributed by atoms with van der Waals surface area (Å²) < 4.78 is 18.5. The van der Waals surface area contributed by atoms with E-state index in [4.69, 9.17) is 4.52 Å².